The molecule has 4 aromatic carbocycles. The van der Waals surface area contributed by atoms with E-state index in [1.165, 1.54) is 26.0 Å². The molecule has 0 saturated heterocycles. The highest BCUT2D eigenvalue weighted by Gasteiger charge is 2.16. The van der Waals surface area contributed by atoms with Crippen LogP contribution in [0.5, 0.6) is 0 Å². The molecule has 0 atom stereocenters. The van der Waals surface area contributed by atoms with Crippen LogP contribution in [0.15, 0.2) is 93.9 Å². The Bertz CT molecular complexity index is 1510. The van der Waals surface area contributed by atoms with E-state index in [1.54, 1.807) is 24.3 Å². The van der Waals surface area contributed by atoms with Crippen LogP contribution in [0.1, 0.15) is 34.6 Å². The fourth-order valence-corrected chi connectivity index (χ4v) is 4.14. The highest BCUT2D eigenvalue weighted by molar-refractivity contribution is 9.10. The predicted octanol–water partition coefficient (Wildman–Crippen LogP) is 8.28. The summed E-state index contributed by atoms with van der Waals surface area (Å²) < 4.78 is 1.86. The number of rotatable bonds is 7. The van der Waals surface area contributed by atoms with E-state index in [0.717, 1.165) is 26.0 Å². The highest BCUT2D eigenvalue weighted by atomic mass is 79.9. The third-order valence-corrected chi connectivity index (χ3v) is 6.25. The SMILES string of the molecule is CC(=O)c1ccc(Nc2cccc(Br)c2)c(N)c1.CC(=O)c1ccc(Nc2cccc(Br)c2)c([N+](=O)[O-])c1. The number of nitro benzene ring substituents is 1. The first-order valence-electron chi connectivity index (χ1n) is 11.3. The number of anilines is 5. The molecule has 4 rings (SSSR count). The number of halogens is 2. The number of nitrogen functional groups attached to an aromatic ring is 1. The molecule has 0 saturated carbocycles. The molecule has 0 amide bonds. The van der Waals surface area contributed by atoms with Crippen molar-refractivity contribution in [2.75, 3.05) is 16.4 Å². The van der Waals surface area contributed by atoms with Crippen molar-refractivity contribution in [3.05, 3.63) is 115 Å². The molecule has 4 N–H and O–H groups in total. The Morgan fingerprint density at radius 1 is 0.737 bits per heavy atom. The topological polar surface area (TPSA) is 127 Å². The summed E-state index contributed by atoms with van der Waals surface area (Å²) in [7, 11) is 0. The van der Waals surface area contributed by atoms with Crippen molar-refractivity contribution in [2.45, 2.75) is 13.8 Å². The largest absolute Gasteiger partial charge is 0.397 e. The molecule has 10 heteroatoms. The van der Waals surface area contributed by atoms with Gasteiger partial charge in [0.2, 0.25) is 0 Å². The molecule has 0 radical (unpaired) electrons. The molecule has 0 aliphatic heterocycles. The van der Waals surface area contributed by atoms with E-state index >= 15 is 0 Å². The molecule has 0 aliphatic rings. The summed E-state index contributed by atoms with van der Waals surface area (Å²) in [6, 6.07) is 24.7. The predicted molar refractivity (Wildman–Crippen MR) is 159 cm³/mol. The Morgan fingerprint density at radius 3 is 1.66 bits per heavy atom. The van der Waals surface area contributed by atoms with Crippen LogP contribution in [0.2, 0.25) is 0 Å². The van der Waals surface area contributed by atoms with E-state index in [4.69, 9.17) is 5.73 Å². The second-order valence-electron chi connectivity index (χ2n) is 8.17. The number of nitrogens with zero attached hydrogens (tertiary/aromatic N) is 1. The lowest BCUT2D eigenvalue weighted by atomic mass is 10.1. The van der Waals surface area contributed by atoms with Crippen molar-refractivity contribution >= 4 is 77.6 Å². The van der Waals surface area contributed by atoms with E-state index in [9.17, 15) is 19.7 Å². The van der Waals surface area contributed by atoms with Gasteiger partial charge >= 0.3 is 0 Å². The molecule has 4 aromatic rings. The number of ketones is 2. The highest BCUT2D eigenvalue weighted by Crippen LogP contribution is 2.30. The van der Waals surface area contributed by atoms with Crippen LogP contribution in [-0.4, -0.2) is 16.5 Å². The maximum atomic E-state index is 11.3. The lowest BCUT2D eigenvalue weighted by molar-refractivity contribution is -0.383. The number of nitrogens with one attached hydrogen (secondary N) is 2. The van der Waals surface area contributed by atoms with E-state index < -0.39 is 4.92 Å². The maximum absolute atomic E-state index is 11.3. The minimum Gasteiger partial charge on any atom is -0.397 e. The lowest BCUT2D eigenvalue weighted by Gasteiger charge is -2.10. The molecule has 0 unspecified atom stereocenters. The van der Waals surface area contributed by atoms with Crippen LogP contribution < -0.4 is 16.4 Å². The first-order valence-corrected chi connectivity index (χ1v) is 12.9. The number of nitro groups is 1. The zero-order chi connectivity index (χ0) is 27.8. The average Bonchev–Trinajstić information content (AvgIpc) is 2.85. The second-order valence-corrected chi connectivity index (χ2v) is 10.0. The Balaban J connectivity index is 0.000000212. The molecule has 194 valence electrons. The second kappa shape index (κ2) is 13.0. The first-order chi connectivity index (χ1) is 18.0. The van der Waals surface area contributed by atoms with E-state index in [-0.39, 0.29) is 17.3 Å². The van der Waals surface area contributed by atoms with Gasteiger partial charge in [-0.05, 0) is 80.6 Å². The van der Waals surface area contributed by atoms with Gasteiger partial charge in [0, 0.05) is 37.5 Å². The van der Waals surface area contributed by atoms with Gasteiger partial charge in [0.05, 0.1) is 16.3 Å². The van der Waals surface area contributed by atoms with Crippen LogP contribution in [0.4, 0.5) is 34.1 Å². The lowest BCUT2D eigenvalue weighted by Crippen LogP contribution is -2.00. The summed E-state index contributed by atoms with van der Waals surface area (Å²) >= 11 is 6.74. The summed E-state index contributed by atoms with van der Waals surface area (Å²) in [5.41, 5.74) is 10.1. The van der Waals surface area contributed by atoms with Gasteiger partial charge in [-0.2, -0.15) is 0 Å². The molecule has 0 aliphatic carbocycles. The molecular weight excluding hydrogens is 616 g/mol. The van der Waals surface area contributed by atoms with Gasteiger partial charge in [0.25, 0.3) is 5.69 Å². The van der Waals surface area contributed by atoms with E-state index in [2.05, 4.69) is 42.5 Å². The van der Waals surface area contributed by atoms with Gasteiger partial charge in [-0.25, -0.2) is 0 Å². The van der Waals surface area contributed by atoms with Gasteiger partial charge in [-0.15, -0.1) is 0 Å². The van der Waals surface area contributed by atoms with Crippen LogP contribution in [0.3, 0.4) is 0 Å². The number of carbonyl (C=O) groups excluding carboxylic acids is 2. The quantitative estimate of drug-likeness (QED) is 0.0803. The van der Waals surface area contributed by atoms with E-state index in [0.29, 0.717) is 22.5 Å². The van der Waals surface area contributed by atoms with Crippen molar-refractivity contribution < 1.29 is 14.5 Å². The van der Waals surface area contributed by atoms with Crippen molar-refractivity contribution in [3.63, 3.8) is 0 Å². The maximum Gasteiger partial charge on any atom is 0.293 e. The summed E-state index contributed by atoms with van der Waals surface area (Å²) in [4.78, 5) is 33.1. The van der Waals surface area contributed by atoms with Crippen LogP contribution in [-0.2, 0) is 0 Å². The minimum absolute atomic E-state index is 0.00991. The molecule has 0 aromatic heterocycles. The summed E-state index contributed by atoms with van der Waals surface area (Å²) in [5.74, 6) is -0.196. The van der Waals surface area contributed by atoms with Crippen LogP contribution >= 0.6 is 31.9 Å². The number of hydrogen-bond donors (Lipinski definition) is 3. The molecule has 0 bridgehead atoms. The fourth-order valence-electron chi connectivity index (χ4n) is 3.35. The van der Waals surface area contributed by atoms with Crippen molar-refractivity contribution in [1.29, 1.82) is 0 Å². The third kappa shape index (κ3) is 7.99. The van der Waals surface area contributed by atoms with Crippen LogP contribution in [0.25, 0.3) is 0 Å². The van der Waals surface area contributed by atoms with Crippen molar-refractivity contribution in [1.82, 2.24) is 0 Å². The number of hydrogen-bond acceptors (Lipinski definition) is 7. The minimum atomic E-state index is -0.507. The molecule has 38 heavy (non-hydrogen) atoms. The number of nitrogens with two attached hydrogens (primary N) is 1. The number of carbonyl (C=O) groups is 2. The van der Waals surface area contributed by atoms with Gasteiger partial charge in [0.15, 0.2) is 11.6 Å². The zero-order valence-corrected chi connectivity index (χ0v) is 23.7. The first kappa shape index (κ1) is 28.5. The smallest absolute Gasteiger partial charge is 0.293 e. The number of Topliss-reactive ketones (excluding diaryl/α,β-unsaturated/α-hetero) is 2. The fraction of sp³-hybridized carbons (Fsp3) is 0.0714. The average molecular weight is 640 g/mol. The summed E-state index contributed by atoms with van der Waals surface area (Å²) in [6.45, 7) is 2.90. The Kier molecular flexibility index (Phi) is 9.75. The zero-order valence-electron chi connectivity index (χ0n) is 20.5. The number of benzene rings is 4. The summed E-state index contributed by atoms with van der Waals surface area (Å²) in [6.07, 6.45) is 0. The van der Waals surface area contributed by atoms with Crippen LogP contribution in [0, 0.1) is 10.1 Å². The van der Waals surface area contributed by atoms with Crippen molar-refractivity contribution in [3.8, 4) is 0 Å². The van der Waals surface area contributed by atoms with Gasteiger partial charge in [0.1, 0.15) is 5.69 Å². The van der Waals surface area contributed by atoms with Crippen molar-refractivity contribution in [2.24, 2.45) is 0 Å². The molecule has 8 nitrogen and oxygen atoms in total. The van der Waals surface area contributed by atoms with E-state index in [1.807, 2.05) is 48.5 Å². The van der Waals surface area contributed by atoms with Gasteiger partial charge < -0.3 is 16.4 Å². The Labute approximate surface area is 236 Å². The summed E-state index contributed by atoms with van der Waals surface area (Å²) in [5, 5.41) is 17.3. The van der Waals surface area contributed by atoms with Gasteiger partial charge in [-0.3, -0.25) is 19.7 Å². The monoisotopic (exact) mass is 638 g/mol. The Morgan fingerprint density at radius 2 is 1.21 bits per heavy atom. The molecule has 0 heterocycles. The molecule has 0 spiro atoms. The molecule has 0 fully saturated rings. The Hall–Kier alpha value is -4.02. The van der Waals surface area contributed by atoms with Gasteiger partial charge in [-0.1, -0.05) is 44.0 Å². The third-order valence-electron chi connectivity index (χ3n) is 5.27. The normalized spacial score (nSPS) is 10.1. The molecular formula is C28H24Br2N4O4. The standard InChI is InChI=1S/C14H11BrN2O3.C14H13BrN2O/c1-9(18)10-5-6-13(14(7-10)17(19)20)16-12-4-2-3-11(15)8-12;1-9(18)10-5-6-14(13(16)7-10)17-12-4-2-3-11(15)8-12/h2-8,16H,1H3;2-8,17H,16H2,1H3.